The Morgan fingerprint density at radius 3 is 2.57 bits per heavy atom. The SMILES string of the molecule is C[C@@]1(c2ccc(OC(F)F)cc2)NC(=O)N(CC(=O)c2ccc3c(c2)OCO3)C1=O. The number of ketones is 1. The van der Waals surface area contributed by atoms with E-state index in [9.17, 15) is 23.2 Å². The van der Waals surface area contributed by atoms with Gasteiger partial charge in [-0.25, -0.2) is 4.79 Å². The minimum absolute atomic E-state index is 0.0551. The Hall–Kier alpha value is -3.69. The normalized spacial score (nSPS) is 19.9. The van der Waals surface area contributed by atoms with Crippen LogP contribution in [0.2, 0.25) is 0 Å². The zero-order valence-corrected chi connectivity index (χ0v) is 15.7. The van der Waals surface area contributed by atoms with Gasteiger partial charge in [0.25, 0.3) is 5.91 Å². The molecule has 0 saturated carbocycles. The van der Waals surface area contributed by atoms with Gasteiger partial charge in [0.1, 0.15) is 11.3 Å². The highest BCUT2D eigenvalue weighted by molar-refractivity contribution is 6.11. The summed E-state index contributed by atoms with van der Waals surface area (Å²) in [6, 6.07) is 9.20. The highest BCUT2D eigenvalue weighted by Gasteiger charge is 2.49. The molecule has 0 aromatic heterocycles. The Bertz CT molecular complexity index is 1030. The summed E-state index contributed by atoms with van der Waals surface area (Å²) in [6.07, 6.45) is 0. The summed E-state index contributed by atoms with van der Waals surface area (Å²) in [5.41, 5.74) is -0.822. The number of rotatable bonds is 6. The molecule has 3 amide bonds. The zero-order valence-electron chi connectivity index (χ0n) is 15.7. The fourth-order valence-corrected chi connectivity index (χ4v) is 3.31. The second kappa shape index (κ2) is 7.29. The first kappa shape index (κ1) is 19.6. The number of amides is 3. The number of nitrogens with one attached hydrogen (secondary N) is 1. The van der Waals surface area contributed by atoms with Crippen molar-refractivity contribution in [3.63, 3.8) is 0 Å². The number of benzene rings is 2. The lowest BCUT2D eigenvalue weighted by molar-refractivity contribution is -0.130. The van der Waals surface area contributed by atoms with Gasteiger partial charge >= 0.3 is 12.6 Å². The summed E-state index contributed by atoms with van der Waals surface area (Å²) in [5, 5.41) is 2.56. The number of fused-ring (bicyclic) bond motifs is 1. The van der Waals surface area contributed by atoms with Crippen LogP contribution >= 0.6 is 0 Å². The Kier molecular flexibility index (Phi) is 4.76. The van der Waals surface area contributed by atoms with E-state index < -0.39 is 36.4 Å². The van der Waals surface area contributed by atoms with E-state index in [4.69, 9.17) is 9.47 Å². The molecule has 30 heavy (non-hydrogen) atoms. The average Bonchev–Trinajstić information content (AvgIpc) is 3.26. The van der Waals surface area contributed by atoms with Gasteiger partial charge in [-0.2, -0.15) is 8.78 Å². The van der Waals surface area contributed by atoms with Crippen LogP contribution in [0.3, 0.4) is 0 Å². The molecule has 0 unspecified atom stereocenters. The van der Waals surface area contributed by atoms with E-state index in [-0.39, 0.29) is 18.1 Å². The van der Waals surface area contributed by atoms with Gasteiger partial charge in [-0.05, 0) is 42.8 Å². The van der Waals surface area contributed by atoms with Crippen molar-refractivity contribution >= 4 is 17.7 Å². The number of Topliss-reactive ketones (excluding diaryl/α,β-unsaturated/α-hetero) is 1. The standard InChI is InChI=1S/C20H16F2N2O6/c1-20(12-3-5-13(6-4-12)30-18(21)22)17(26)24(19(27)23-20)9-14(25)11-2-7-15-16(8-11)29-10-28-15/h2-8,18H,9-10H2,1H3,(H,23,27)/t20-/m0/s1. The second-order valence-corrected chi connectivity index (χ2v) is 6.84. The van der Waals surface area contributed by atoms with Gasteiger partial charge in [-0.15, -0.1) is 0 Å². The molecule has 1 atom stereocenters. The van der Waals surface area contributed by atoms with Crippen LogP contribution in [-0.4, -0.2) is 42.6 Å². The van der Waals surface area contributed by atoms with E-state index in [1.807, 2.05) is 0 Å². The number of carbonyl (C=O) groups excluding carboxylic acids is 3. The summed E-state index contributed by atoms with van der Waals surface area (Å²) in [6.45, 7) is -1.91. The second-order valence-electron chi connectivity index (χ2n) is 6.84. The van der Waals surface area contributed by atoms with Crippen molar-refractivity contribution in [2.75, 3.05) is 13.3 Å². The number of hydrogen-bond donors (Lipinski definition) is 1. The first-order valence-corrected chi connectivity index (χ1v) is 8.90. The van der Waals surface area contributed by atoms with Crippen LogP contribution in [0.5, 0.6) is 17.2 Å². The summed E-state index contributed by atoms with van der Waals surface area (Å²) in [5.74, 6) is -0.253. The Balaban J connectivity index is 1.51. The molecule has 1 saturated heterocycles. The maximum Gasteiger partial charge on any atom is 0.387 e. The third kappa shape index (κ3) is 3.40. The summed E-state index contributed by atoms with van der Waals surface area (Å²) >= 11 is 0. The number of alkyl halides is 2. The van der Waals surface area contributed by atoms with Crippen molar-refractivity contribution in [1.82, 2.24) is 10.2 Å². The Morgan fingerprint density at radius 1 is 1.17 bits per heavy atom. The Morgan fingerprint density at radius 2 is 1.87 bits per heavy atom. The van der Waals surface area contributed by atoms with Crippen molar-refractivity contribution in [3.8, 4) is 17.2 Å². The lowest BCUT2D eigenvalue weighted by Gasteiger charge is -2.22. The van der Waals surface area contributed by atoms with Gasteiger partial charge in [0.15, 0.2) is 17.3 Å². The molecule has 156 valence electrons. The molecule has 2 aliphatic heterocycles. The number of carbonyl (C=O) groups is 3. The van der Waals surface area contributed by atoms with Crippen LogP contribution in [0.1, 0.15) is 22.8 Å². The van der Waals surface area contributed by atoms with Gasteiger partial charge in [-0.1, -0.05) is 12.1 Å². The van der Waals surface area contributed by atoms with Gasteiger partial charge in [0.2, 0.25) is 6.79 Å². The first-order chi connectivity index (χ1) is 14.3. The largest absolute Gasteiger partial charge is 0.454 e. The van der Waals surface area contributed by atoms with Crippen molar-refractivity contribution in [2.24, 2.45) is 0 Å². The van der Waals surface area contributed by atoms with Gasteiger partial charge in [0.05, 0.1) is 6.54 Å². The van der Waals surface area contributed by atoms with E-state index in [2.05, 4.69) is 10.1 Å². The van der Waals surface area contributed by atoms with E-state index in [1.54, 1.807) is 6.07 Å². The van der Waals surface area contributed by atoms with Crippen LogP contribution in [0.15, 0.2) is 42.5 Å². The van der Waals surface area contributed by atoms with Crippen LogP contribution < -0.4 is 19.5 Å². The van der Waals surface area contributed by atoms with Crippen LogP contribution in [-0.2, 0) is 10.3 Å². The molecule has 0 spiro atoms. The molecule has 8 nitrogen and oxygen atoms in total. The van der Waals surface area contributed by atoms with E-state index in [0.717, 1.165) is 4.90 Å². The lowest BCUT2D eigenvalue weighted by Crippen LogP contribution is -2.41. The highest BCUT2D eigenvalue weighted by Crippen LogP contribution is 2.33. The third-order valence-corrected chi connectivity index (χ3v) is 4.93. The number of imide groups is 1. The summed E-state index contributed by atoms with van der Waals surface area (Å²) in [4.78, 5) is 38.8. The van der Waals surface area contributed by atoms with Crippen molar-refractivity contribution < 1.29 is 37.4 Å². The highest BCUT2D eigenvalue weighted by atomic mass is 19.3. The first-order valence-electron chi connectivity index (χ1n) is 8.90. The maximum absolute atomic E-state index is 12.9. The van der Waals surface area contributed by atoms with E-state index in [0.29, 0.717) is 17.1 Å². The summed E-state index contributed by atoms with van der Waals surface area (Å²) in [7, 11) is 0. The molecule has 2 aliphatic rings. The Labute approximate surface area is 169 Å². The molecular formula is C20H16F2N2O6. The van der Waals surface area contributed by atoms with Crippen molar-refractivity contribution in [1.29, 1.82) is 0 Å². The molecule has 2 aromatic carbocycles. The molecule has 0 aliphatic carbocycles. The van der Waals surface area contributed by atoms with Crippen LogP contribution in [0.25, 0.3) is 0 Å². The zero-order chi connectivity index (χ0) is 21.5. The molecule has 4 rings (SSSR count). The number of hydrogen-bond acceptors (Lipinski definition) is 6. The molecule has 1 fully saturated rings. The number of urea groups is 1. The number of halogens is 2. The fourth-order valence-electron chi connectivity index (χ4n) is 3.31. The smallest absolute Gasteiger partial charge is 0.387 e. The average molecular weight is 418 g/mol. The fraction of sp³-hybridized carbons (Fsp3) is 0.250. The monoisotopic (exact) mass is 418 g/mol. The topological polar surface area (TPSA) is 94.2 Å². The van der Waals surface area contributed by atoms with Crippen molar-refractivity contribution in [2.45, 2.75) is 19.1 Å². The van der Waals surface area contributed by atoms with Crippen molar-refractivity contribution in [3.05, 3.63) is 53.6 Å². The van der Waals surface area contributed by atoms with Gasteiger partial charge in [-0.3, -0.25) is 14.5 Å². The minimum atomic E-state index is -2.98. The summed E-state index contributed by atoms with van der Waals surface area (Å²) < 4.78 is 39.3. The van der Waals surface area contributed by atoms with Crippen LogP contribution in [0, 0.1) is 0 Å². The molecule has 2 aromatic rings. The third-order valence-electron chi connectivity index (χ3n) is 4.93. The predicted octanol–water partition coefficient (Wildman–Crippen LogP) is 2.67. The lowest BCUT2D eigenvalue weighted by atomic mass is 9.92. The quantitative estimate of drug-likeness (QED) is 0.573. The van der Waals surface area contributed by atoms with Crippen LogP contribution in [0.4, 0.5) is 13.6 Å². The number of ether oxygens (including phenoxy) is 3. The molecule has 1 N–H and O–H groups in total. The van der Waals surface area contributed by atoms with E-state index >= 15 is 0 Å². The van der Waals surface area contributed by atoms with E-state index in [1.165, 1.54) is 43.3 Å². The van der Waals surface area contributed by atoms with Gasteiger partial charge in [0, 0.05) is 5.56 Å². The molecule has 0 radical (unpaired) electrons. The predicted molar refractivity (Wildman–Crippen MR) is 97.6 cm³/mol. The number of nitrogens with zero attached hydrogens (tertiary/aromatic N) is 1. The maximum atomic E-state index is 12.9. The minimum Gasteiger partial charge on any atom is -0.454 e. The molecule has 2 heterocycles. The molecule has 0 bridgehead atoms. The molecule has 10 heteroatoms. The van der Waals surface area contributed by atoms with Gasteiger partial charge < -0.3 is 19.5 Å². The molecular weight excluding hydrogens is 402 g/mol.